The molecule has 0 aliphatic heterocycles. The van der Waals surface area contributed by atoms with Gasteiger partial charge in [-0.15, -0.1) is 22.7 Å². The Morgan fingerprint density at radius 3 is 2.77 bits per heavy atom. The minimum Gasteiger partial charge on any atom is -0.465 e. The lowest BCUT2D eigenvalue weighted by Crippen LogP contribution is -2.14. The summed E-state index contributed by atoms with van der Waals surface area (Å²) < 4.78 is 5.03. The molecule has 0 radical (unpaired) electrons. The number of nitrogens with zero attached hydrogens (tertiary/aromatic N) is 1. The first-order valence-corrected chi connectivity index (χ1v) is 12.4. The van der Waals surface area contributed by atoms with Gasteiger partial charge in [-0.1, -0.05) is 19.8 Å². The normalized spacial score (nSPS) is 13.6. The molecule has 3 aromatic heterocycles. The number of fused-ring (bicyclic) bond motifs is 2. The third-order valence-electron chi connectivity index (χ3n) is 5.68. The monoisotopic (exact) mass is 457 g/mol. The number of aromatic nitrogens is 1. The molecule has 1 aliphatic carbocycles. The van der Waals surface area contributed by atoms with Gasteiger partial charge in [0.25, 0.3) is 5.91 Å². The topological polar surface area (TPSA) is 94.3 Å². The number of pyridine rings is 1. The van der Waals surface area contributed by atoms with E-state index >= 15 is 0 Å². The van der Waals surface area contributed by atoms with E-state index in [0.717, 1.165) is 72.8 Å². The van der Waals surface area contributed by atoms with Crippen molar-refractivity contribution in [1.29, 1.82) is 0 Å². The first-order valence-electron chi connectivity index (χ1n) is 10.8. The molecule has 3 heterocycles. The second-order valence-corrected chi connectivity index (χ2v) is 9.92. The number of amides is 1. The van der Waals surface area contributed by atoms with Crippen molar-refractivity contribution in [2.24, 2.45) is 0 Å². The Morgan fingerprint density at radius 2 is 2.00 bits per heavy atom. The first-order chi connectivity index (χ1) is 15.0. The standard InChI is InChI=1S/C23H27N3O3S2/c1-3-4-8-13-11-12-15-18(24)19(31-21(15)25-13)20(27)26-22-17(23(28)29-2)14-9-6-5-7-10-16(14)30-22/h11-12H,3-10,24H2,1-2H3,(H,26,27). The number of esters is 1. The van der Waals surface area contributed by atoms with Crippen LogP contribution in [0.25, 0.3) is 10.2 Å². The van der Waals surface area contributed by atoms with Gasteiger partial charge in [0, 0.05) is 16.0 Å². The van der Waals surface area contributed by atoms with Crippen molar-refractivity contribution < 1.29 is 14.3 Å². The van der Waals surface area contributed by atoms with Crippen LogP contribution in [0.2, 0.25) is 0 Å². The molecule has 0 saturated carbocycles. The van der Waals surface area contributed by atoms with Crippen molar-refractivity contribution in [3.05, 3.63) is 38.7 Å². The SMILES string of the molecule is CCCCc1ccc2c(N)c(C(=O)Nc3sc4c(c3C(=O)OC)CCCCC4)sc2n1. The Hall–Kier alpha value is -2.45. The Bertz CT molecular complexity index is 1130. The number of anilines is 2. The number of methoxy groups -OCH3 is 1. The van der Waals surface area contributed by atoms with E-state index in [1.54, 1.807) is 0 Å². The Kier molecular flexibility index (Phi) is 6.57. The van der Waals surface area contributed by atoms with Crippen LogP contribution in [-0.4, -0.2) is 24.0 Å². The molecule has 0 unspecified atom stereocenters. The first kappa shape index (κ1) is 21.8. The van der Waals surface area contributed by atoms with Gasteiger partial charge >= 0.3 is 5.97 Å². The summed E-state index contributed by atoms with van der Waals surface area (Å²) in [4.78, 5) is 32.7. The average Bonchev–Trinajstić information content (AvgIpc) is 3.18. The summed E-state index contributed by atoms with van der Waals surface area (Å²) in [5.74, 6) is -0.710. The third kappa shape index (κ3) is 4.32. The lowest BCUT2D eigenvalue weighted by molar-refractivity contribution is 0.0601. The van der Waals surface area contributed by atoms with Gasteiger partial charge in [-0.2, -0.15) is 0 Å². The van der Waals surface area contributed by atoms with Crippen molar-refractivity contribution in [2.75, 3.05) is 18.2 Å². The smallest absolute Gasteiger partial charge is 0.341 e. The minimum absolute atomic E-state index is 0.308. The number of nitrogen functional groups attached to an aromatic ring is 1. The largest absolute Gasteiger partial charge is 0.465 e. The molecule has 0 atom stereocenters. The summed E-state index contributed by atoms with van der Waals surface area (Å²) in [6.07, 6.45) is 8.13. The van der Waals surface area contributed by atoms with E-state index in [1.807, 2.05) is 12.1 Å². The molecular formula is C23H27N3O3S2. The summed E-state index contributed by atoms with van der Waals surface area (Å²) in [5, 5.41) is 4.30. The van der Waals surface area contributed by atoms with Crippen LogP contribution in [0.3, 0.4) is 0 Å². The molecule has 164 valence electrons. The molecule has 0 spiro atoms. The van der Waals surface area contributed by atoms with Gasteiger partial charge in [-0.25, -0.2) is 9.78 Å². The van der Waals surface area contributed by atoms with Crippen molar-refractivity contribution in [2.45, 2.75) is 58.3 Å². The van der Waals surface area contributed by atoms with Crippen molar-refractivity contribution in [3.63, 3.8) is 0 Å². The van der Waals surface area contributed by atoms with Crippen molar-refractivity contribution in [1.82, 2.24) is 4.98 Å². The number of unbranched alkanes of at least 4 members (excludes halogenated alkanes) is 1. The lowest BCUT2D eigenvalue weighted by atomic mass is 10.1. The number of hydrogen-bond acceptors (Lipinski definition) is 7. The molecule has 8 heteroatoms. The van der Waals surface area contributed by atoms with Crippen molar-refractivity contribution in [3.8, 4) is 0 Å². The van der Waals surface area contributed by atoms with Crippen LogP contribution < -0.4 is 11.1 Å². The maximum atomic E-state index is 13.2. The second kappa shape index (κ2) is 9.36. The Labute approximate surface area is 189 Å². The molecule has 3 N–H and O–H groups in total. The summed E-state index contributed by atoms with van der Waals surface area (Å²) in [6, 6.07) is 3.93. The fraction of sp³-hybridized carbons (Fsp3) is 0.435. The second-order valence-electron chi connectivity index (χ2n) is 7.82. The Balaban J connectivity index is 1.66. The predicted octanol–water partition coefficient (Wildman–Crippen LogP) is 5.59. The average molecular weight is 458 g/mol. The number of thiophene rings is 2. The highest BCUT2D eigenvalue weighted by Crippen LogP contribution is 2.39. The fourth-order valence-electron chi connectivity index (χ4n) is 4.01. The number of ether oxygens (including phenoxy) is 1. The number of carbonyl (C=O) groups is 2. The molecule has 31 heavy (non-hydrogen) atoms. The highest BCUT2D eigenvalue weighted by molar-refractivity contribution is 7.21. The van der Waals surface area contributed by atoms with Crippen LogP contribution in [0.4, 0.5) is 10.7 Å². The van der Waals surface area contributed by atoms with E-state index in [-0.39, 0.29) is 5.91 Å². The van der Waals surface area contributed by atoms with Gasteiger partial charge in [0.15, 0.2) is 0 Å². The van der Waals surface area contributed by atoms with Crippen LogP contribution >= 0.6 is 22.7 Å². The molecule has 0 fully saturated rings. The maximum Gasteiger partial charge on any atom is 0.341 e. The lowest BCUT2D eigenvalue weighted by Gasteiger charge is -2.07. The molecule has 0 saturated heterocycles. The fourth-order valence-corrected chi connectivity index (χ4v) is 6.29. The van der Waals surface area contributed by atoms with E-state index in [4.69, 9.17) is 15.5 Å². The number of hydrogen-bond donors (Lipinski definition) is 2. The van der Waals surface area contributed by atoms with Gasteiger partial charge in [0.05, 0.1) is 18.4 Å². The maximum absolute atomic E-state index is 13.2. The van der Waals surface area contributed by atoms with E-state index < -0.39 is 5.97 Å². The quantitative estimate of drug-likeness (QED) is 0.372. The zero-order chi connectivity index (χ0) is 22.0. The molecule has 0 aromatic carbocycles. The predicted molar refractivity (Wildman–Crippen MR) is 128 cm³/mol. The molecule has 4 rings (SSSR count). The number of carbonyl (C=O) groups excluding carboxylic acids is 2. The van der Waals surface area contributed by atoms with E-state index in [1.165, 1.54) is 34.7 Å². The van der Waals surface area contributed by atoms with Gasteiger partial charge in [0.2, 0.25) is 0 Å². The van der Waals surface area contributed by atoms with Crippen LogP contribution in [0.1, 0.15) is 75.2 Å². The van der Waals surface area contributed by atoms with Crippen molar-refractivity contribution >= 4 is 55.5 Å². The molecule has 6 nitrogen and oxygen atoms in total. The van der Waals surface area contributed by atoms with Gasteiger partial charge in [-0.05, 0) is 56.2 Å². The zero-order valence-electron chi connectivity index (χ0n) is 17.9. The van der Waals surface area contributed by atoms with Gasteiger partial charge in [0.1, 0.15) is 14.7 Å². The molecule has 3 aromatic rings. The van der Waals surface area contributed by atoms with E-state index in [2.05, 4.69) is 12.2 Å². The van der Waals surface area contributed by atoms with E-state index in [9.17, 15) is 9.59 Å². The van der Waals surface area contributed by atoms with Crippen LogP contribution in [0.15, 0.2) is 12.1 Å². The minimum atomic E-state index is -0.402. The number of nitrogens with two attached hydrogens (primary N) is 1. The van der Waals surface area contributed by atoms with Crippen LogP contribution in [0.5, 0.6) is 0 Å². The molecule has 1 aliphatic rings. The summed E-state index contributed by atoms with van der Waals surface area (Å²) in [7, 11) is 1.38. The molecule has 1 amide bonds. The highest BCUT2D eigenvalue weighted by atomic mass is 32.1. The highest BCUT2D eigenvalue weighted by Gasteiger charge is 2.27. The number of aryl methyl sites for hydroxylation is 2. The third-order valence-corrected chi connectivity index (χ3v) is 8.00. The zero-order valence-corrected chi connectivity index (χ0v) is 19.5. The van der Waals surface area contributed by atoms with Gasteiger partial charge in [-0.3, -0.25) is 4.79 Å². The number of nitrogens with one attached hydrogen (secondary N) is 1. The summed E-state index contributed by atoms with van der Waals surface area (Å²) in [5.41, 5.74) is 9.28. The summed E-state index contributed by atoms with van der Waals surface area (Å²) in [6.45, 7) is 2.15. The Morgan fingerprint density at radius 1 is 1.19 bits per heavy atom. The van der Waals surface area contributed by atoms with Crippen LogP contribution in [-0.2, 0) is 24.0 Å². The summed E-state index contributed by atoms with van der Waals surface area (Å²) >= 11 is 2.78. The molecule has 0 bridgehead atoms. The van der Waals surface area contributed by atoms with Crippen LogP contribution in [0, 0.1) is 0 Å². The number of rotatable bonds is 6. The van der Waals surface area contributed by atoms with Gasteiger partial charge < -0.3 is 15.8 Å². The molecular weight excluding hydrogens is 430 g/mol. The van der Waals surface area contributed by atoms with E-state index in [0.29, 0.717) is 21.1 Å².